The van der Waals surface area contributed by atoms with Gasteiger partial charge in [-0.15, -0.1) is 0 Å². The first kappa shape index (κ1) is 30.2. The fourth-order valence-corrected chi connectivity index (χ4v) is 5.73. The van der Waals surface area contributed by atoms with Gasteiger partial charge in [-0.25, -0.2) is 9.80 Å². The molecule has 5 N–H and O–H groups in total. The topological polar surface area (TPSA) is 126 Å². The monoisotopic (exact) mass is 549 g/mol. The van der Waals surface area contributed by atoms with Gasteiger partial charge in [-0.2, -0.15) is 0 Å². The maximum atomic E-state index is 13.4. The van der Waals surface area contributed by atoms with Crippen LogP contribution >= 0.6 is 11.6 Å². The Morgan fingerprint density at radius 3 is 2.32 bits per heavy atom. The first-order valence-corrected chi connectivity index (χ1v) is 14.2. The lowest BCUT2D eigenvalue weighted by atomic mass is 9.63. The molecule has 0 radical (unpaired) electrons. The van der Waals surface area contributed by atoms with Crippen molar-refractivity contribution >= 4 is 29.5 Å². The summed E-state index contributed by atoms with van der Waals surface area (Å²) in [7, 11) is 0. The Morgan fingerprint density at radius 2 is 1.74 bits per heavy atom. The predicted octanol–water partition coefficient (Wildman–Crippen LogP) is 3.54. The van der Waals surface area contributed by atoms with Crippen LogP contribution in [-0.4, -0.2) is 60.7 Å². The SMILES string of the molecule is CC(C)(C)OC(=O)N[C@H](Cc1ccc(Cl)cc1)C(=O)NN1CCC(C(=O)NCCN)(C2CCCCC2)CC1. The molecule has 0 aromatic heterocycles. The molecule has 0 unspecified atom stereocenters. The van der Waals surface area contributed by atoms with Gasteiger partial charge in [0, 0.05) is 37.6 Å². The number of carbonyl (C=O) groups excluding carboxylic acids is 3. The van der Waals surface area contributed by atoms with E-state index in [0.29, 0.717) is 50.0 Å². The highest BCUT2D eigenvalue weighted by Gasteiger charge is 2.47. The van der Waals surface area contributed by atoms with Crippen LogP contribution in [0.5, 0.6) is 0 Å². The standard InChI is InChI=1S/C28H44ClN5O4/c1-27(2,3)38-26(37)32-23(19-20-9-11-22(29)12-10-20)24(35)33-34-17-13-28(14-18-34,25(36)31-16-15-30)21-7-5-4-6-8-21/h9-12,21,23H,4-8,13-19,30H2,1-3H3,(H,31,36)(H,32,37)(H,33,35)/t23-/m1/s1. The Labute approximate surface area is 231 Å². The van der Waals surface area contributed by atoms with Crippen molar-refractivity contribution in [2.75, 3.05) is 26.2 Å². The Hall–Kier alpha value is -2.36. The molecule has 1 atom stereocenters. The van der Waals surface area contributed by atoms with Crippen molar-refractivity contribution in [2.24, 2.45) is 17.1 Å². The highest BCUT2D eigenvalue weighted by Crippen LogP contribution is 2.45. The molecule has 1 aliphatic carbocycles. The number of nitrogens with two attached hydrogens (primary N) is 1. The first-order valence-electron chi connectivity index (χ1n) is 13.8. The number of hydrazine groups is 1. The smallest absolute Gasteiger partial charge is 0.408 e. The van der Waals surface area contributed by atoms with Crippen LogP contribution in [0, 0.1) is 11.3 Å². The van der Waals surface area contributed by atoms with Crippen LogP contribution in [0.15, 0.2) is 24.3 Å². The van der Waals surface area contributed by atoms with Gasteiger partial charge in [0.15, 0.2) is 0 Å². The molecule has 1 saturated heterocycles. The van der Waals surface area contributed by atoms with E-state index >= 15 is 0 Å². The van der Waals surface area contributed by atoms with Crippen LogP contribution < -0.4 is 21.8 Å². The van der Waals surface area contributed by atoms with E-state index in [-0.39, 0.29) is 18.2 Å². The molecule has 1 aromatic rings. The zero-order valence-electron chi connectivity index (χ0n) is 23.0. The number of piperidine rings is 1. The molecule has 0 bridgehead atoms. The lowest BCUT2D eigenvalue weighted by molar-refractivity contribution is -0.141. The summed E-state index contributed by atoms with van der Waals surface area (Å²) in [5.41, 5.74) is 8.37. The molecule has 1 aromatic carbocycles. The van der Waals surface area contributed by atoms with Crippen molar-refractivity contribution in [1.29, 1.82) is 0 Å². The zero-order valence-corrected chi connectivity index (χ0v) is 23.7. The quantitative estimate of drug-likeness (QED) is 0.373. The summed E-state index contributed by atoms with van der Waals surface area (Å²) in [6, 6.07) is 6.33. The fourth-order valence-electron chi connectivity index (χ4n) is 5.60. The lowest BCUT2D eigenvalue weighted by Crippen LogP contribution is -2.59. The summed E-state index contributed by atoms with van der Waals surface area (Å²) >= 11 is 6.02. The maximum absolute atomic E-state index is 13.4. The second-order valence-corrected chi connectivity index (χ2v) is 12.0. The second kappa shape index (κ2) is 13.6. The first-order chi connectivity index (χ1) is 18.0. The number of ether oxygens (including phenoxy) is 1. The number of hydrogen-bond donors (Lipinski definition) is 4. The summed E-state index contributed by atoms with van der Waals surface area (Å²) in [5, 5.41) is 8.24. The highest BCUT2D eigenvalue weighted by atomic mass is 35.5. The van der Waals surface area contributed by atoms with Crippen molar-refractivity contribution < 1.29 is 19.1 Å². The molecule has 1 aliphatic heterocycles. The molecule has 1 saturated carbocycles. The van der Waals surface area contributed by atoms with Crippen molar-refractivity contribution in [1.82, 2.24) is 21.1 Å². The van der Waals surface area contributed by atoms with Crippen molar-refractivity contribution in [3.63, 3.8) is 0 Å². The molecule has 2 fully saturated rings. The van der Waals surface area contributed by atoms with E-state index in [1.54, 1.807) is 32.9 Å². The average Bonchev–Trinajstić information content (AvgIpc) is 2.88. The Morgan fingerprint density at radius 1 is 1.11 bits per heavy atom. The molecular formula is C28H44ClN5O4. The Balaban J connectivity index is 1.67. The number of rotatable bonds is 9. The molecule has 3 rings (SSSR count). The highest BCUT2D eigenvalue weighted by molar-refractivity contribution is 6.30. The summed E-state index contributed by atoms with van der Waals surface area (Å²) < 4.78 is 5.40. The fraction of sp³-hybridized carbons (Fsp3) is 0.679. The van der Waals surface area contributed by atoms with Gasteiger partial charge in [-0.05, 0) is 70.1 Å². The minimum Gasteiger partial charge on any atom is -0.444 e. The predicted molar refractivity (Wildman–Crippen MR) is 148 cm³/mol. The van der Waals surface area contributed by atoms with Gasteiger partial charge in [-0.1, -0.05) is 43.0 Å². The van der Waals surface area contributed by atoms with Gasteiger partial charge in [0.05, 0.1) is 5.41 Å². The normalized spacial score (nSPS) is 19.3. The average molecular weight is 550 g/mol. The number of nitrogens with zero attached hydrogens (tertiary/aromatic N) is 1. The van der Waals surface area contributed by atoms with Crippen LogP contribution in [0.3, 0.4) is 0 Å². The van der Waals surface area contributed by atoms with Gasteiger partial charge in [-0.3, -0.25) is 15.0 Å². The summed E-state index contributed by atoms with van der Waals surface area (Å²) in [6.45, 7) is 7.31. The van der Waals surface area contributed by atoms with Crippen molar-refractivity contribution in [2.45, 2.75) is 83.8 Å². The van der Waals surface area contributed by atoms with E-state index < -0.39 is 23.2 Å². The van der Waals surface area contributed by atoms with E-state index in [9.17, 15) is 14.4 Å². The number of carbonyl (C=O) groups is 3. The lowest BCUT2D eigenvalue weighted by Gasteiger charge is -2.46. The Kier molecular flexibility index (Phi) is 10.8. The number of benzene rings is 1. The van der Waals surface area contributed by atoms with E-state index in [1.807, 2.05) is 17.1 Å². The van der Waals surface area contributed by atoms with E-state index in [0.717, 1.165) is 31.2 Å². The Bertz CT molecular complexity index is 936. The van der Waals surface area contributed by atoms with Gasteiger partial charge >= 0.3 is 6.09 Å². The third kappa shape index (κ3) is 8.58. The van der Waals surface area contributed by atoms with Gasteiger partial charge < -0.3 is 21.1 Å². The molecule has 9 nitrogen and oxygen atoms in total. The van der Waals surface area contributed by atoms with E-state index in [1.165, 1.54) is 6.42 Å². The summed E-state index contributed by atoms with van der Waals surface area (Å²) in [4.78, 5) is 39.2. The van der Waals surface area contributed by atoms with Crippen LogP contribution in [0.25, 0.3) is 0 Å². The van der Waals surface area contributed by atoms with Crippen molar-refractivity contribution in [3.8, 4) is 0 Å². The molecule has 212 valence electrons. The second-order valence-electron chi connectivity index (χ2n) is 11.5. The number of hydrogen-bond acceptors (Lipinski definition) is 6. The molecule has 0 spiro atoms. The van der Waals surface area contributed by atoms with Gasteiger partial charge in [0.1, 0.15) is 11.6 Å². The molecule has 2 aliphatic rings. The zero-order chi connectivity index (χ0) is 27.8. The number of nitrogens with one attached hydrogen (secondary N) is 3. The van der Waals surface area contributed by atoms with E-state index in [2.05, 4.69) is 16.1 Å². The summed E-state index contributed by atoms with van der Waals surface area (Å²) in [5.74, 6) is 0.106. The maximum Gasteiger partial charge on any atom is 0.408 e. The minimum absolute atomic E-state index is 0.0908. The number of amides is 3. The molecule has 3 amide bonds. The third-order valence-corrected chi connectivity index (χ3v) is 7.81. The molecule has 1 heterocycles. The van der Waals surface area contributed by atoms with Crippen LogP contribution in [-0.2, 0) is 20.7 Å². The van der Waals surface area contributed by atoms with Crippen molar-refractivity contribution in [3.05, 3.63) is 34.9 Å². The van der Waals surface area contributed by atoms with Crippen LogP contribution in [0.2, 0.25) is 5.02 Å². The molecule has 10 heteroatoms. The largest absolute Gasteiger partial charge is 0.444 e. The minimum atomic E-state index is -0.844. The summed E-state index contributed by atoms with van der Waals surface area (Å²) in [6.07, 6.45) is 6.60. The van der Waals surface area contributed by atoms with Gasteiger partial charge in [0.25, 0.3) is 5.91 Å². The van der Waals surface area contributed by atoms with Gasteiger partial charge in [0.2, 0.25) is 5.91 Å². The van der Waals surface area contributed by atoms with Crippen LogP contribution in [0.1, 0.15) is 71.3 Å². The number of halogens is 1. The molecule has 38 heavy (non-hydrogen) atoms. The number of alkyl carbamates (subject to hydrolysis) is 1. The van der Waals surface area contributed by atoms with Crippen LogP contribution in [0.4, 0.5) is 4.79 Å². The van der Waals surface area contributed by atoms with E-state index in [4.69, 9.17) is 22.1 Å². The molecular weight excluding hydrogens is 506 g/mol. The third-order valence-electron chi connectivity index (χ3n) is 7.55.